The minimum Gasteiger partial charge on any atom is -0.261 e. The lowest BCUT2D eigenvalue weighted by Crippen LogP contribution is -1.87. The summed E-state index contributed by atoms with van der Waals surface area (Å²) in [4.78, 5) is 4.05. The SMILES string of the molecule is CC=NC(=CC)c1cc(Cl)ccc1F. The molecule has 0 atom stereocenters. The van der Waals surface area contributed by atoms with E-state index in [1.54, 1.807) is 25.3 Å². The molecule has 0 saturated heterocycles. The van der Waals surface area contributed by atoms with E-state index in [4.69, 9.17) is 11.6 Å². The third kappa shape index (κ3) is 2.42. The van der Waals surface area contributed by atoms with Crippen molar-refractivity contribution in [3.63, 3.8) is 0 Å². The van der Waals surface area contributed by atoms with Crippen LogP contribution in [0.1, 0.15) is 19.4 Å². The molecule has 1 aromatic carbocycles. The monoisotopic (exact) mass is 211 g/mol. The second kappa shape index (κ2) is 4.91. The van der Waals surface area contributed by atoms with Gasteiger partial charge >= 0.3 is 0 Å². The van der Waals surface area contributed by atoms with Crippen LogP contribution in [0.5, 0.6) is 0 Å². The summed E-state index contributed by atoms with van der Waals surface area (Å²) >= 11 is 5.77. The van der Waals surface area contributed by atoms with Gasteiger partial charge in [-0.25, -0.2) is 4.39 Å². The Labute approximate surface area is 87.9 Å². The van der Waals surface area contributed by atoms with E-state index in [0.29, 0.717) is 16.3 Å². The topological polar surface area (TPSA) is 12.4 Å². The molecule has 0 fully saturated rings. The smallest absolute Gasteiger partial charge is 0.132 e. The normalized spacial score (nSPS) is 12.4. The van der Waals surface area contributed by atoms with Crippen LogP contribution in [0.15, 0.2) is 29.3 Å². The number of hydrogen-bond donors (Lipinski definition) is 0. The Balaban J connectivity index is 3.22. The molecule has 0 saturated carbocycles. The third-order valence-corrected chi connectivity index (χ3v) is 1.98. The summed E-state index contributed by atoms with van der Waals surface area (Å²) in [5.41, 5.74) is 1.02. The van der Waals surface area contributed by atoms with Crippen LogP contribution in [-0.4, -0.2) is 6.21 Å². The van der Waals surface area contributed by atoms with Gasteiger partial charge in [0.1, 0.15) is 5.82 Å². The fourth-order valence-electron chi connectivity index (χ4n) is 1.13. The Morgan fingerprint density at radius 1 is 1.43 bits per heavy atom. The summed E-state index contributed by atoms with van der Waals surface area (Å²) in [5, 5.41) is 0.507. The number of aliphatic imine (C=N–C) groups is 1. The van der Waals surface area contributed by atoms with Gasteiger partial charge < -0.3 is 0 Å². The molecular formula is C11H11ClFN. The van der Waals surface area contributed by atoms with Gasteiger partial charge in [-0.2, -0.15) is 0 Å². The average Bonchev–Trinajstić information content (AvgIpc) is 2.18. The molecule has 0 aliphatic heterocycles. The summed E-state index contributed by atoms with van der Waals surface area (Å²) in [5.74, 6) is -0.312. The van der Waals surface area contributed by atoms with Gasteiger partial charge in [0, 0.05) is 16.8 Å². The van der Waals surface area contributed by atoms with Gasteiger partial charge in [0.25, 0.3) is 0 Å². The van der Waals surface area contributed by atoms with Gasteiger partial charge in [0.05, 0.1) is 5.70 Å². The number of allylic oxidation sites excluding steroid dienone is 1. The highest BCUT2D eigenvalue weighted by molar-refractivity contribution is 6.30. The Morgan fingerprint density at radius 3 is 2.71 bits per heavy atom. The fourth-order valence-corrected chi connectivity index (χ4v) is 1.30. The quantitative estimate of drug-likeness (QED) is 0.658. The van der Waals surface area contributed by atoms with E-state index in [1.165, 1.54) is 12.1 Å². The molecular weight excluding hydrogens is 201 g/mol. The molecule has 0 spiro atoms. The van der Waals surface area contributed by atoms with Crippen LogP contribution in [0.25, 0.3) is 5.70 Å². The standard InChI is InChI=1S/C11H11ClFN/c1-3-11(14-4-2)9-7-8(12)5-6-10(9)13/h3-7H,1-2H3. The van der Waals surface area contributed by atoms with E-state index in [9.17, 15) is 4.39 Å². The van der Waals surface area contributed by atoms with Crippen molar-refractivity contribution in [3.05, 3.63) is 40.7 Å². The first kappa shape index (κ1) is 10.9. The highest BCUT2D eigenvalue weighted by atomic mass is 35.5. The molecule has 0 bridgehead atoms. The zero-order valence-electron chi connectivity index (χ0n) is 8.09. The second-order valence-electron chi connectivity index (χ2n) is 2.69. The first-order valence-electron chi connectivity index (χ1n) is 4.29. The van der Waals surface area contributed by atoms with E-state index in [1.807, 2.05) is 6.92 Å². The molecule has 3 heteroatoms. The van der Waals surface area contributed by atoms with Crippen molar-refractivity contribution >= 4 is 23.5 Å². The lowest BCUT2D eigenvalue weighted by molar-refractivity contribution is 0.624. The Morgan fingerprint density at radius 2 is 2.14 bits per heavy atom. The van der Waals surface area contributed by atoms with Gasteiger partial charge in [0.15, 0.2) is 0 Å². The molecule has 0 aliphatic carbocycles. The van der Waals surface area contributed by atoms with Crippen LogP contribution < -0.4 is 0 Å². The lowest BCUT2D eigenvalue weighted by atomic mass is 10.1. The molecule has 1 rings (SSSR count). The van der Waals surface area contributed by atoms with Gasteiger partial charge in [-0.15, -0.1) is 0 Å². The number of halogens is 2. The minimum atomic E-state index is -0.312. The minimum absolute atomic E-state index is 0.312. The Kier molecular flexibility index (Phi) is 3.84. The maximum Gasteiger partial charge on any atom is 0.132 e. The lowest BCUT2D eigenvalue weighted by Gasteiger charge is -2.03. The first-order valence-corrected chi connectivity index (χ1v) is 4.67. The van der Waals surface area contributed by atoms with Crippen LogP contribution in [0, 0.1) is 5.82 Å². The highest BCUT2D eigenvalue weighted by Crippen LogP contribution is 2.22. The van der Waals surface area contributed by atoms with Gasteiger partial charge in [-0.05, 0) is 32.0 Å². The Bertz CT molecular complexity index is 383. The molecule has 1 aromatic rings. The van der Waals surface area contributed by atoms with Crippen molar-refractivity contribution in [1.82, 2.24) is 0 Å². The van der Waals surface area contributed by atoms with E-state index >= 15 is 0 Å². The van der Waals surface area contributed by atoms with E-state index in [0.717, 1.165) is 0 Å². The predicted octanol–water partition coefficient (Wildman–Crippen LogP) is 3.93. The van der Waals surface area contributed by atoms with Gasteiger partial charge in [-0.1, -0.05) is 17.7 Å². The van der Waals surface area contributed by atoms with Crippen molar-refractivity contribution in [2.24, 2.45) is 4.99 Å². The summed E-state index contributed by atoms with van der Waals surface area (Å²) in [6.45, 7) is 3.59. The zero-order valence-corrected chi connectivity index (χ0v) is 8.85. The van der Waals surface area contributed by atoms with E-state index < -0.39 is 0 Å². The molecule has 0 heterocycles. The molecule has 74 valence electrons. The van der Waals surface area contributed by atoms with Gasteiger partial charge in [0.2, 0.25) is 0 Å². The van der Waals surface area contributed by atoms with Gasteiger partial charge in [-0.3, -0.25) is 4.99 Å². The summed E-state index contributed by atoms with van der Waals surface area (Å²) < 4.78 is 13.4. The maximum absolute atomic E-state index is 13.4. The summed E-state index contributed by atoms with van der Waals surface area (Å²) in [7, 11) is 0. The van der Waals surface area contributed by atoms with Crippen molar-refractivity contribution in [2.75, 3.05) is 0 Å². The number of rotatable bonds is 2. The second-order valence-corrected chi connectivity index (χ2v) is 3.12. The van der Waals surface area contributed by atoms with Crippen LogP contribution in [0.2, 0.25) is 5.02 Å². The zero-order chi connectivity index (χ0) is 10.6. The first-order chi connectivity index (χ1) is 6.69. The van der Waals surface area contributed by atoms with Crippen molar-refractivity contribution < 1.29 is 4.39 Å². The van der Waals surface area contributed by atoms with Crippen LogP contribution in [0.4, 0.5) is 4.39 Å². The van der Waals surface area contributed by atoms with Crippen LogP contribution in [-0.2, 0) is 0 Å². The molecule has 0 radical (unpaired) electrons. The largest absolute Gasteiger partial charge is 0.261 e. The molecule has 0 aliphatic rings. The molecule has 0 N–H and O–H groups in total. The predicted molar refractivity (Wildman–Crippen MR) is 59.2 cm³/mol. The fraction of sp³-hybridized carbons (Fsp3) is 0.182. The maximum atomic E-state index is 13.4. The van der Waals surface area contributed by atoms with Crippen LogP contribution in [0.3, 0.4) is 0 Å². The number of hydrogen-bond acceptors (Lipinski definition) is 1. The Hall–Kier alpha value is -1.15. The van der Waals surface area contributed by atoms with Crippen molar-refractivity contribution in [2.45, 2.75) is 13.8 Å². The highest BCUT2D eigenvalue weighted by Gasteiger charge is 2.06. The molecule has 0 aromatic heterocycles. The van der Waals surface area contributed by atoms with E-state index in [2.05, 4.69) is 4.99 Å². The molecule has 1 nitrogen and oxygen atoms in total. The molecule has 0 unspecified atom stereocenters. The van der Waals surface area contributed by atoms with Crippen molar-refractivity contribution in [3.8, 4) is 0 Å². The molecule has 0 amide bonds. The summed E-state index contributed by atoms with van der Waals surface area (Å²) in [6, 6.07) is 4.43. The third-order valence-electron chi connectivity index (χ3n) is 1.75. The molecule has 14 heavy (non-hydrogen) atoms. The van der Waals surface area contributed by atoms with Crippen LogP contribution >= 0.6 is 11.6 Å². The number of benzene rings is 1. The average molecular weight is 212 g/mol. The summed E-state index contributed by atoms with van der Waals surface area (Å²) in [6.07, 6.45) is 3.37. The van der Waals surface area contributed by atoms with Crippen molar-refractivity contribution in [1.29, 1.82) is 0 Å². The van der Waals surface area contributed by atoms with E-state index in [-0.39, 0.29) is 5.82 Å². The number of nitrogens with zero attached hydrogens (tertiary/aromatic N) is 1.